The number of hydrogen-bond acceptors (Lipinski definition) is 2. The van der Waals surface area contributed by atoms with Crippen LogP contribution in [0.2, 0.25) is 0 Å². The maximum Gasteiger partial charge on any atom is 0.303 e. The first-order chi connectivity index (χ1) is 7.54. The lowest BCUT2D eigenvalue weighted by Crippen LogP contribution is -2.34. The fraction of sp³-hybridized carbons (Fsp3) is 0.833. The predicted molar refractivity (Wildman–Crippen MR) is 63.1 cm³/mol. The van der Waals surface area contributed by atoms with Crippen molar-refractivity contribution in [3.63, 3.8) is 0 Å². The maximum absolute atomic E-state index is 11.7. The van der Waals surface area contributed by atoms with Crippen molar-refractivity contribution in [2.24, 2.45) is 11.8 Å². The van der Waals surface area contributed by atoms with Crippen molar-refractivity contribution in [2.75, 3.05) is 6.54 Å². The Morgan fingerprint density at radius 1 is 1.12 bits per heavy atom. The third-order valence-corrected chi connectivity index (χ3v) is 2.96. The molecule has 0 aromatic heterocycles. The number of hydrogen-bond donors (Lipinski definition) is 2. The highest BCUT2D eigenvalue weighted by Crippen LogP contribution is 2.10. The molecule has 16 heavy (non-hydrogen) atoms. The zero-order valence-corrected chi connectivity index (χ0v) is 10.5. The summed E-state index contributed by atoms with van der Waals surface area (Å²) in [6.07, 6.45) is 2.56. The Kier molecular flexibility index (Phi) is 7.60. The topological polar surface area (TPSA) is 66.4 Å². The molecule has 0 fully saturated rings. The van der Waals surface area contributed by atoms with Crippen LogP contribution in [-0.2, 0) is 9.59 Å². The molecule has 0 aliphatic carbocycles. The van der Waals surface area contributed by atoms with Gasteiger partial charge in [0.2, 0.25) is 5.91 Å². The molecule has 0 radical (unpaired) electrons. The van der Waals surface area contributed by atoms with Gasteiger partial charge in [-0.2, -0.15) is 0 Å². The highest BCUT2D eigenvalue weighted by atomic mass is 16.4. The van der Waals surface area contributed by atoms with Gasteiger partial charge in [0.1, 0.15) is 0 Å². The first kappa shape index (κ1) is 14.9. The summed E-state index contributed by atoms with van der Waals surface area (Å²) in [5.41, 5.74) is 0. The highest BCUT2D eigenvalue weighted by Gasteiger charge is 2.16. The van der Waals surface area contributed by atoms with Gasteiger partial charge in [0.15, 0.2) is 0 Å². The maximum atomic E-state index is 11.7. The Morgan fingerprint density at radius 2 is 1.69 bits per heavy atom. The van der Waals surface area contributed by atoms with Crippen LogP contribution in [0.3, 0.4) is 0 Å². The van der Waals surface area contributed by atoms with Crippen molar-refractivity contribution in [2.45, 2.75) is 46.5 Å². The van der Waals surface area contributed by atoms with Crippen LogP contribution in [0.1, 0.15) is 46.5 Å². The standard InChI is InChI=1S/C12H23NO3/c1-4-9(7-11(14)15)8-13-12(16)10(5-2)6-3/h9-10H,4-8H2,1-3H3,(H,13,16)(H,14,15). The minimum Gasteiger partial charge on any atom is -0.481 e. The average molecular weight is 229 g/mol. The molecule has 4 heteroatoms. The van der Waals surface area contributed by atoms with Gasteiger partial charge in [-0.1, -0.05) is 27.2 Å². The van der Waals surface area contributed by atoms with Gasteiger partial charge in [0.25, 0.3) is 0 Å². The molecule has 94 valence electrons. The fourth-order valence-corrected chi connectivity index (χ4v) is 1.66. The van der Waals surface area contributed by atoms with Crippen molar-refractivity contribution in [1.29, 1.82) is 0 Å². The van der Waals surface area contributed by atoms with E-state index in [1.54, 1.807) is 0 Å². The molecule has 0 saturated carbocycles. The van der Waals surface area contributed by atoms with E-state index >= 15 is 0 Å². The number of nitrogens with one attached hydrogen (secondary N) is 1. The average Bonchev–Trinajstić information content (AvgIpc) is 2.25. The van der Waals surface area contributed by atoms with E-state index < -0.39 is 5.97 Å². The van der Waals surface area contributed by atoms with Crippen LogP contribution in [-0.4, -0.2) is 23.5 Å². The Morgan fingerprint density at radius 3 is 2.06 bits per heavy atom. The van der Waals surface area contributed by atoms with E-state index in [1.807, 2.05) is 20.8 Å². The molecular weight excluding hydrogens is 206 g/mol. The van der Waals surface area contributed by atoms with Gasteiger partial charge in [0, 0.05) is 18.9 Å². The minimum absolute atomic E-state index is 0.0378. The summed E-state index contributed by atoms with van der Waals surface area (Å²) in [6, 6.07) is 0. The molecular formula is C12H23NO3. The van der Waals surface area contributed by atoms with Crippen LogP contribution in [0.4, 0.5) is 0 Å². The number of amides is 1. The zero-order valence-electron chi connectivity index (χ0n) is 10.5. The third kappa shape index (κ3) is 5.73. The number of rotatable bonds is 8. The first-order valence-electron chi connectivity index (χ1n) is 6.04. The van der Waals surface area contributed by atoms with E-state index in [0.717, 1.165) is 19.3 Å². The van der Waals surface area contributed by atoms with Crippen molar-refractivity contribution >= 4 is 11.9 Å². The molecule has 0 aromatic rings. The second-order valence-corrected chi connectivity index (χ2v) is 4.13. The Balaban J connectivity index is 4.00. The van der Waals surface area contributed by atoms with Crippen LogP contribution in [0.5, 0.6) is 0 Å². The second-order valence-electron chi connectivity index (χ2n) is 4.13. The third-order valence-electron chi connectivity index (χ3n) is 2.96. The number of carboxylic acids is 1. The Hall–Kier alpha value is -1.06. The SMILES string of the molecule is CCC(CNC(=O)C(CC)CC)CC(=O)O. The molecule has 1 amide bonds. The fourth-order valence-electron chi connectivity index (χ4n) is 1.66. The summed E-state index contributed by atoms with van der Waals surface area (Å²) in [6.45, 7) is 6.39. The van der Waals surface area contributed by atoms with Crippen molar-refractivity contribution in [3.05, 3.63) is 0 Å². The van der Waals surface area contributed by atoms with E-state index in [4.69, 9.17) is 5.11 Å². The van der Waals surface area contributed by atoms with Crippen molar-refractivity contribution in [1.82, 2.24) is 5.32 Å². The smallest absolute Gasteiger partial charge is 0.303 e. The van der Waals surface area contributed by atoms with Gasteiger partial charge in [-0.3, -0.25) is 9.59 Å². The monoisotopic (exact) mass is 229 g/mol. The lowest BCUT2D eigenvalue weighted by Gasteiger charge is -2.17. The van der Waals surface area contributed by atoms with Crippen molar-refractivity contribution in [3.8, 4) is 0 Å². The molecule has 2 N–H and O–H groups in total. The second kappa shape index (κ2) is 8.13. The molecule has 0 heterocycles. The molecule has 4 nitrogen and oxygen atoms in total. The number of carboxylic acid groups (broad SMARTS) is 1. The number of carbonyl (C=O) groups is 2. The zero-order chi connectivity index (χ0) is 12.6. The molecule has 0 rings (SSSR count). The van der Waals surface area contributed by atoms with Crippen molar-refractivity contribution < 1.29 is 14.7 Å². The van der Waals surface area contributed by atoms with Crippen LogP contribution < -0.4 is 5.32 Å². The molecule has 0 aliphatic heterocycles. The van der Waals surface area contributed by atoms with E-state index in [9.17, 15) is 9.59 Å². The van der Waals surface area contributed by atoms with Gasteiger partial charge in [-0.05, 0) is 18.8 Å². The molecule has 1 atom stereocenters. The molecule has 0 aromatic carbocycles. The van der Waals surface area contributed by atoms with E-state index in [2.05, 4.69) is 5.32 Å². The van der Waals surface area contributed by atoms with Gasteiger partial charge in [0.05, 0.1) is 0 Å². The van der Waals surface area contributed by atoms with Gasteiger partial charge >= 0.3 is 5.97 Å². The van der Waals surface area contributed by atoms with Crippen LogP contribution in [0.25, 0.3) is 0 Å². The molecule has 0 spiro atoms. The largest absolute Gasteiger partial charge is 0.481 e. The predicted octanol–water partition coefficient (Wildman–Crippen LogP) is 2.04. The quantitative estimate of drug-likeness (QED) is 0.669. The summed E-state index contributed by atoms with van der Waals surface area (Å²) in [7, 11) is 0. The van der Waals surface area contributed by atoms with E-state index in [0.29, 0.717) is 6.54 Å². The van der Waals surface area contributed by atoms with Gasteiger partial charge < -0.3 is 10.4 Å². The number of carbonyl (C=O) groups excluding carboxylic acids is 1. The first-order valence-corrected chi connectivity index (χ1v) is 6.04. The summed E-state index contributed by atoms with van der Waals surface area (Å²) in [5, 5.41) is 11.5. The molecule has 0 saturated heterocycles. The molecule has 1 unspecified atom stereocenters. The normalized spacial score (nSPS) is 12.5. The van der Waals surface area contributed by atoms with E-state index in [1.165, 1.54) is 0 Å². The van der Waals surface area contributed by atoms with Gasteiger partial charge in [-0.15, -0.1) is 0 Å². The minimum atomic E-state index is -0.802. The van der Waals surface area contributed by atoms with E-state index in [-0.39, 0.29) is 24.2 Å². The highest BCUT2D eigenvalue weighted by molar-refractivity contribution is 5.78. The lowest BCUT2D eigenvalue weighted by atomic mass is 10.00. The van der Waals surface area contributed by atoms with Gasteiger partial charge in [-0.25, -0.2) is 0 Å². The number of aliphatic carboxylic acids is 1. The summed E-state index contributed by atoms with van der Waals surface area (Å²) in [4.78, 5) is 22.2. The summed E-state index contributed by atoms with van der Waals surface area (Å²) >= 11 is 0. The van der Waals surface area contributed by atoms with Crippen LogP contribution >= 0.6 is 0 Å². The van der Waals surface area contributed by atoms with Crippen LogP contribution in [0.15, 0.2) is 0 Å². The lowest BCUT2D eigenvalue weighted by molar-refractivity contribution is -0.138. The molecule has 0 aliphatic rings. The Labute approximate surface area is 97.4 Å². The summed E-state index contributed by atoms with van der Waals surface area (Å²) in [5.74, 6) is -0.657. The molecule has 0 bridgehead atoms. The summed E-state index contributed by atoms with van der Waals surface area (Å²) < 4.78 is 0. The Bertz CT molecular complexity index is 224. The van der Waals surface area contributed by atoms with Crippen LogP contribution in [0, 0.1) is 11.8 Å².